The van der Waals surface area contributed by atoms with Gasteiger partial charge in [-0.05, 0) is 57.0 Å². The fourth-order valence-corrected chi connectivity index (χ4v) is 3.23. The number of hydrogen-bond acceptors (Lipinski definition) is 4. The van der Waals surface area contributed by atoms with Crippen LogP contribution >= 0.6 is 0 Å². The molecule has 0 bridgehead atoms. The fourth-order valence-electron chi connectivity index (χ4n) is 3.23. The van der Waals surface area contributed by atoms with Gasteiger partial charge in [0.15, 0.2) is 0 Å². The van der Waals surface area contributed by atoms with Crippen LogP contribution in [0.1, 0.15) is 44.2 Å². The maximum atomic E-state index is 12.5. The normalized spacial score (nSPS) is 20.0. The van der Waals surface area contributed by atoms with Crippen LogP contribution in [0.5, 0.6) is 5.75 Å². The number of carbonyl (C=O) groups is 1. The molecule has 0 radical (unpaired) electrons. The van der Waals surface area contributed by atoms with Gasteiger partial charge in [0.2, 0.25) is 0 Å². The molecule has 2 atom stereocenters. The van der Waals surface area contributed by atoms with Gasteiger partial charge in [0.25, 0.3) is 0 Å². The Labute approximate surface area is 155 Å². The highest BCUT2D eigenvalue weighted by molar-refractivity contribution is 5.78. The topological polar surface area (TPSA) is 47.6 Å². The van der Waals surface area contributed by atoms with Crippen molar-refractivity contribution in [3.63, 3.8) is 0 Å². The summed E-state index contributed by atoms with van der Waals surface area (Å²) in [5.74, 6) is 0.787. The summed E-state index contributed by atoms with van der Waals surface area (Å²) in [5.41, 5.74) is 1.81. The monoisotopic (exact) mass is 353 g/mol. The van der Waals surface area contributed by atoms with Crippen molar-refractivity contribution < 1.29 is 14.3 Å². The summed E-state index contributed by atoms with van der Waals surface area (Å²) in [6.07, 6.45) is 0.925. The molecule has 0 unspecified atom stereocenters. The Morgan fingerprint density at radius 2 is 1.77 bits per heavy atom. The smallest absolute Gasteiger partial charge is 0.324 e. The summed E-state index contributed by atoms with van der Waals surface area (Å²) in [6, 6.07) is 17.9. The Morgan fingerprint density at radius 1 is 1.08 bits per heavy atom. The SMILES string of the molecule is CC(C)(C)OC(=O)[C@H]1NCC[C@@H]1c1ccc(OCc2ccccc2)cc1. The van der Waals surface area contributed by atoms with Crippen molar-refractivity contribution in [2.45, 2.75) is 51.4 Å². The van der Waals surface area contributed by atoms with Crippen LogP contribution < -0.4 is 10.1 Å². The zero-order valence-corrected chi connectivity index (χ0v) is 15.7. The van der Waals surface area contributed by atoms with E-state index >= 15 is 0 Å². The van der Waals surface area contributed by atoms with Gasteiger partial charge in [-0.3, -0.25) is 4.79 Å². The summed E-state index contributed by atoms with van der Waals surface area (Å²) < 4.78 is 11.4. The van der Waals surface area contributed by atoms with Crippen LogP contribution in [0.4, 0.5) is 0 Å². The second kappa shape index (κ2) is 7.92. The first-order chi connectivity index (χ1) is 12.4. The summed E-state index contributed by atoms with van der Waals surface area (Å²) in [7, 11) is 0. The average molecular weight is 353 g/mol. The van der Waals surface area contributed by atoms with Gasteiger partial charge in [0.1, 0.15) is 24.0 Å². The Morgan fingerprint density at radius 3 is 2.42 bits per heavy atom. The van der Waals surface area contributed by atoms with Gasteiger partial charge in [0.05, 0.1) is 0 Å². The Bertz CT molecular complexity index is 719. The predicted molar refractivity (Wildman–Crippen MR) is 102 cm³/mol. The summed E-state index contributed by atoms with van der Waals surface area (Å²) >= 11 is 0. The molecule has 0 amide bonds. The van der Waals surface area contributed by atoms with Crippen LogP contribution in [0.3, 0.4) is 0 Å². The Hall–Kier alpha value is -2.33. The largest absolute Gasteiger partial charge is 0.489 e. The van der Waals surface area contributed by atoms with E-state index in [1.165, 1.54) is 0 Å². The van der Waals surface area contributed by atoms with Gasteiger partial charge >= 0.3 is 5.97 Å². The van der Waals surface area contributed by atoms with Crippen molar-refractivity contribution in [1.82, 2.24) is 5.32 Å². The first-order valence-electron chi connectivity index (χ1n) is 9.15. The molecule has 1 fully saturated rings. The molecule has 1 saturated heterocycles. The van der Waals surface area contributed by atoms with Gasteiger partial charge in [-0.1, -0.05) is 42.5 Å². The van der Waals surface area contributed by atoms with E-state index in [0.29, 0.717) is 6.61 Å². The lowest BCUT2D eigenvalue weighted by atomic mass is 9.92. The quantitative estimate of drug-likeness (QED) is 0.824. The van der Waals surface area contributed by atoms with Crippen molar-refractivity contribution >= 4 is 5.97 Å². The summed E-state index contributed by atoms with van der Waals surface area (Å²) in [6.45, 7) is 7.06. The van der Waals surface area contributed by atoms with Gasteiger partial charge in [-0.25, -0.2) is 0 Å². The van der Waals surface area contributed by atoms with E-state index in [2.05, 4.69) is 17.4 Å². The predicted octanol–water partition coefficient (Wildman–Crippen LogP) is 4.05. The van der Waals surface area contributed by atoms with Crippen LogP contribution in [0.15, 0.2) is 54.6 Å². The fraction of sp³-hybridized carbons (Fsp3) is 0.409. The third-order valence-corrected chi connectivity index (χ3v) is 4.44. The summed E-state index contributed by atoms with van der Waals surface area (Å²) in [4.78, 5) is 12.5. The highest BCUT2D eigenvalue weighted by Crippen LogP contribution is 2.30. The number of esters is 1. The minimum absolute atomic E-state index is 0.132. The van der Waals surface area contributed by atoms with E-state index in [-0.39, 0.29) is 17.9 Å². The molecule has 2 aromatic rings. The van der Waals surface area contributed by atoms with Crippen molar-refractivity contribution in [1.29, 1.82) is 0 Å². The zero-order chi connectivity index (χ0) is 18.6. The lowest BCUT2D eigenvalue weighted by Crippen LogP contribution is -2.40. The molecule has 138 valence electrons. The standard InChI is InChI=1S/C22H27NO3/c1-22(2,3)26-21(24)20-19(13-14-23-20)17-9-11-18(12-10-17)25-15-16-7-5-4-6-8-16/h4-12,19-20,23H,13-15H2,1-3H3/t19-,20+/m1/s1. The van der Waals surface area contributed by atoms with Crippen LogP contribution in [0.25, 0.3) is 0 Å². The number of ether oxygens (including phenoxy) is 2. The van der Waals surface area contributed by atoms with Crippen LogP contribution in [-0.4, -0.2) is 24.2 Å². The molecule has 26 heavy (non-hydrogen) atoms. The van der Waals surface area contributed by atoms with E-state index in [1.54, 1.807) is 0 Å². The van der Waals surface area contributed by atoms with Gasteiger partial charge in [-0.2, -0.15) is 0 Å². The van der Waals surface area contributed by atoms with E-state index in [0.717, 1.165) is 29.8 Å². The molecule has 0 saturated carbocycles. The molecule has 0 spiro atoms. The number of carbonyl (C=O) groups excluding carboxylic acids is 1. The lowest BCUT2D eigenvalue weighted by molar-refractivity contribution is -0.157. The lowest BCUT2D eigenvalue weighted by Gasteiger charge is -2.25. The molecule has 4 heteroatoms. The molecule has 0 aliphatic carbocycles. The highest BCUT2D eigenvalue weighted by atomic mass is 16.6. The van der Waals surface area contributed by atoms with E-state index in [9.17, 15) is 4.79 Å². The van der Waals surface area contributed by atoms with Crippen molar-refractivity contribution in [2.24, 2.45) is 0 Å². The van der Waals surface area contributed by atoms with Gasteiger partial charge < -0.3 is 14.8 Å². The number of hydrogen-bond donors (Lipinski definition) is 1. The van der Waals surface area contributed by atoms with Crippen molar-refractivity contribution in [3.05, 3.63) is 65.7 Å². The van der Waals surface area contributed by atoms with Crippen LogP contribution in [-0.2, 0) is 16.1 Å². The molecule has 4 nitrogen and oxygen atoms in total. The van der Waals surface area contributed by atoms with Crippen LogP contribution in [0.2, 0.25) is 0 Å². The molecule has 1 heterocycles. The van der Waals surface area contributed by atoms with Gasteiger partial charge in [-0.15, -0.1) is 0 Å². The first kappa shape index (κ1) is 18.5. The highest BCUT2D eigenvalue weighted by Gasteiger charge is 2.36. The third-order valence-electron chi connectivity index (χ3n) is 4.44. The number of rotatable bonds is 5. The van der Waals surface area contributed by atoms with Crippen molar-refractivity contribution in [2.75, 3.05) is 6.54 Å². The molecule has 1 aliphatic rings. The molecule has 1 aliphatic heterocycles. The van der Waals surface area contributed by atoms with E-state index < -0.39 is 5.60 Å². The maximum Gasteiger partial charge on any atom is 0.324 e. The van der Waals surface area contributed by atoms with E-state index in [1.807, 2.05) is 63.2 Å². The Kier molecular flexibility index (Phi) is 5.62. The molecular formula is C22H27NO3. The zero-order valence-electron chi connectivity index (χ0n) is 15.7. The first-order valence-corrected chi connectivity index (χ1v) is 9.15. The Balaban J connectivity index is 1.63. The molecule has 2 aromatic carbocycles. The van der Waals surface area contributed by atoms with Crippen molar-refractivity contribution in [3.8, 4) is 5.75 Å². The maximum absolute atomic E-state index is 12.5. The second-order valence-corrected chi connectivity index (χ2v) is 7.70. The molecule has 1 N–H and O–H groups in total. The molecule has 3 rings (SSSR count). The van der Waals surface area contributed by atoms with Crippen LogP contribution in [0, 0.1) is 0 Å². The average Bonchev–Trinajstić information content (AvgIpc) is 3.10. The molecule has 0 aromatic heterocycles. The number of nitrogens with one attached hydrogen (secondary N) is 1. The second-order valence-electron chi connectivity index (χ2n) is 7.70. The minimum Gasteiger partial charge on any atom is -0.489 e. The third kappa shape index (κ3) is 4.85. The summed E-state index contributed by atoms with van der Waals surface area (Å²) in [5, 5.41) is 3.28. The number of benzene rings is 2. The minimum atomic E-state index is -0.471. The van der Waals surface area contributed by atoms with Gasteiger partial charge in [0, 0.05) is 5.92 Å². The van der Waals surface area contributed by atoms with E-state index in [4.69, 9.17) is 9.47 Å². The molecular weight excluding hydrogens is 326 g/mol.